The number of hydrogen-bond donors (Lipinski definition) is 1. The van der Waals surface area contributed by atoms with Crippen molar-refractivity contribution in [1.82, 2.24) is 0 Å². The molecular formula is C18H16ClNO. The highest BCUT2D eigenvalue weighted by Gasteiger charge is 2.29. The second kappa shape index (κ2) is 6.03. The number of nitrogens with one attached hydrogen (secondary N) is 1. The van der Waals surface area contributed by atoms with Gasteiger partial charge >= 0.3 is 0 Å². The molecule has 0 bridgehead atoms. The molecule has 0 radical (unpaired) electrons. The summed E-state index contributed by atoms with van der Waals surface area (Å²) in [7, 11) is 0. The lowest BCUT2D eigenvalue weighted by Crippen LogP contribution is -2.34. The van der Waals surface area contributed by atoms with Crippen molar-refractivity contribution in [1.29, 1.82) is 0 Å². The first-order chi connectivity index (χ1) is 9.93. The summed E-state index contributed by atoms with van der Waals surface area (Å²) in [6.07, 6.45) is 5.37. The molecule has 0 fully saturated rings. The lowest BCUT2D eigenvalue weighted by atomic mass is 9.83. The molecule has 2 nitrogen and oxygen atoms in total. The Morgan fingerprint density at radius 1 is 1.19 bits per heavy atom. The monoisotopic (exact) mass is 297 g/mol. The van der Waals surface area contributed by atoms with Gasteiger partial charge in [0.05, 0.1) is 5.41 Å². The van der Waals surface area contributed by atoms with Crippen molar-refractivity contribution in [2.24, 2.45) is 0 Å². The van der Waals surface area contributed by atoms with Gasteiger partial charge in [-0.05, 0) is 49.7 Å². The first kappa shape index (κ1) is 15.2. The summed E-state index contributed by atoms with van der Waals surface area (Å²) in [6, 6.07) is 14.5. The average Bonchev–Trinajstić information content (AvgIpc) is 2.48. The van der Waals surface area contributed by atoms with Crippen LogP contribution in [0.2, 0.25) is 5.02 Å². The Morgan fingerprint density at radius 3 is 2.48 bits per heavy atom. The fourth-order valence-corrected chi connectivity index (χ4v) is 2.10. The van der Waals surface area contributed by atoms with Crippen LogP contribution in [0.25, 0.3) is 0 Å². The second-order valence-corrected chi connectivity index (χ2v) is 5.75. The number of rotatable bonds is 3. The van der Waals surface area contributed by atoms with Crippen molar-refractivity contribution in [3.05, 3.63) is 64.7 Å². The molecule has 21 heavy (non-hydrogen) atoms. The van der Waals surface area contributed by atoms with Gasteiger partial charge in [-0.1, -0.05) is 35.7 Å². The fourth-order valence-electron chi connectivity index (χ4n) is 1.97. The van der Waals surface area contributed by atoms with Crippen LogP contribution in [0.4, 0.5) is 5.69 Å². The smallest absolute Gasteiger partial charge is 0.234 e. The largest absolute Gasteiger partial charge is 0.325 e. The number of anilines is 1. The van der Waals surface area contributed by atoms with E-state index in [1.54, 1.807) is 18.2 Å². The molecule has 2 aromatic rings. The molecule has 0 atom stereocenters. The van der Waals surface area contributed by atoms with E-state index in [-0.39, 0.29) is 5.91 Å². The lowest BCUT2D eigenvalue weighted by Gasteiger charge is -2.24. The number of carbonyl (C=O) groups excluding carboxylic acids is 1. The number of benzene rings is 2. The topological polar surface area (TPSA) is 29.1 Å². The van der Waals surface area contributed by atoms with Crippen LogP contribution in [0.15, 0.2) is 48.5 Å². The molecule has 0 saturated heterocycles. The minimum absolute atomic E-state index is 0.0982. The maximum atomic E-state index is 12.5. The van der Waals surface area contributed by atoms with Gasteiger partial charge < -0.3 is 5.32 Å². The zero-order valence-electron chi connectivity index (χ0n) is 12.0. The first-order valence-electron chi connectivity index (χ1n) is 6.57. The Kier molecular flexibility index (Phi) is 4.35. The molecule has 2 rings (SSSR count). The lowest BCUT2D eigenvalue weighted by molar-refractivity contribution is -0.120. The molecule has 0 aliphatic heterocycles. The Bertz CT molecular complexity index is 696. The molecular weight excluding hydrogens is 282 g/mol. The predicted molar refractivity (Wildman–Crippen MR) is 87.5 cm³/mol. The van der Waals surface area contributed by atoms with E-state index in [4.69, 9.17) is 18.0 Å². The third-order valence-corrected chi connectivity index (χ3v) is 3.67. The molecule has 3 heteroatoms. The Hall–Kier alpha value is -2.24. The van der Waals surface area contributed by atoms with Crippen molar-refractivity contribution in [2.75, 3.05) is 5.32 Å². The third-order valence-electron chi connectivity index (χ3n) is 3.42. The summed E-state index contributed by atoms with van der Waals surface area (Å²) in [5.74, 6) is 2.45. The van der Waals surface area contributed by atoms with Gasteiger partial charge in [0.2, 0.25) is 5.91 Å². The maximum absolute atomic E-state index is 12.5. The Balaban J connectivity index is 2.22. The minimum atomic E-state index is -0.670. The highest BCUT2D eigenvalue weighted by Crippen LogP contribution is 2.26. The van der Waals surface area contributed by atoms with E-state index in [1.165, 1.54) is 0 Å². The normalized spacial score (nSPS) is 10.8. The van der Waals surface area contributed by atoms with E-state index in [0.29, 0.717) is 10.7 Å². The Labute approximate surface area is 130 Å². The van der Waals surface area contributed by atoms with Crippen LogP contribution in [0.3, 0.4) is 0 Å². The van der Waals surface area contributed by atoms with Crippen LogP contribution in [-0.4, -0.2) is 5.91 Å². The van der Waals surface area contributed by atoms with Gasteiger partial charge in [0.15, 0.2) is 0 Å². The highest BCUT2D eigenvalue weighted by atomic mass is 35.5. The molecule has 0 heterocycles. The second-order valence-electron chi connectivity index (χ2n) is 5.31. The average molecular weight is 298 g/mol. The molecule has 0 unspecified atom stereocenters. The first-order valence-corrected chi connectivity index (χ1v) is 6.95. The number of hydrogen-bond acceptors (Lipinski definition) is 1. The zero-order valence-corrected chi connectivity index (χ0v) is 12.7. The number of halogens is 1. The van der Waals surface area contributed by atoms with Crippen LogP contribution in [-0.2, 0) is 10.2 Å². The summed E-state index contributed by atoms with van der Waals surface area (Å²) >= 11 is 5.89. The highest BCUT2D eigenvalue weighted by molar-refractivity contribution is 6.30. The number of terminal acetylenes is 1. The Morgan fingerprint density at radius 2 is 1.86 bits per heavy atom. The van der Waals surface area contributed by atoms with E-state index in [2.05, 4.69) is 11.2 Å². The molecule has 1 N–H and O–H groups in total. The van der Waals surface area contributed by atoms with Crippen molar-refractivity contribution in [3.63, 3.8) is 0 Å². The van der Waals surface area contributed by atoms with E-state index >= 15 is 0 Å². The van der Waals surface area contributed by atoms with Crippen LogP contribution < -0.4 is 5.32 Å². The number of amides is 1. The summed E-state index contributed by atoms with van der Waals surface area (Å²) < 4.78 is 0. The SMILES string of the molecule is C#Cc1cccc(NC(=O)C(C)(C)c2ccc(Cl)cc2)c1. The van der Waals surface area contributed by atoms with Crippen molar-refractivity contribution >= 4 is 23.2 Å². The molecule has 0 spiro atoms. The zero-order chi connectivity index (χ0) is 15.5. The molecule has 2 aromatic carbocycles. The molecule has 0 aliphatic rings. The van der Waals surface area contributed by atoms with Crippen LogP contribution >= 0.6 is 11.6 Å². The quantitative estimate of drug-likeness (QED) is 0.844. The van der Waals surface area contributed by atoms with Gasteiger partial charge in [0.25, 0.3) is 0 Å². The minimum Gasteiger partial charge on any atom is -0.325 e. The molecule has 0 aromatic heterocycles. The summed E-state index contributed by atoms with van der Waals surface area (Å²) in [5, 5.41) is 3.55. The standard InChI is InChI=1S/C18H16ClNO/c1-4-13-6-5-7-16(12-13)20-17(21)18(2,3)14-8-10-15(19)11-9-14/h1,5-12H,2-3H3,(H,20,21). The van der Waals surface area contributed by atoms with Crippen molar-refractivity contribution in [2.45, 2.75) is 19.3 Å². The number of carbonyl (C=O) groups is 1. The van der Waals surface area contributed by atoms with Gasteiger partial charge in [-0.2, -0.15) is 0 Å². The molecule has 0 saturated carbocycles. The van der Waals surface area contributed by atoms with Crippen LogP contribution in [0, 0.1) is 12.3 Å². The van der Waals surface area contributed by atoms with Gasteiger partial charge in [0, 0.05) is 16.3 Å². The predicted octanol–water partition coefficient (Wildman–Crippen LogP) is 4.24. The fraction of sp³-hybridized carbons (Fsp3) is 0.167. The van der Waals surface area contributed by atoms with Gasteiger partial charge in [-0.15, -0.1) is 6.42 Å². The molecule has 106 valence electrons. The van der Waals surface area contributed by atoms with Gasteiger partial charge in [0.1, 0.15) is 0 Å². The molecule has 0 aliphatic carbocycles. The van der Waals surface area contributed by atoms with Gasteiger partial charge in [-0.3, -0.25) is 4.79 Å². The van der Waals surface area contributed by atoms with Gasteiger partial charge in [-0.25, -0.2) is 0 Å². The summed E-state index contributed by atoms with van der Waals surface area (Å²) in [5.41, 5.74) is 1.66. The van der Waals surface area contributed by atoms with E-state index in [9.17, 15) is 4.79 Å². The van der Waals surface area contributed by atoms with E-state index < -0.39 is 5.41 Å². The van der Waals surface area contributed by atoms with E-state index in [1.807, 2.05) is 44.2 Å². The van der Waals surface area contributed by atoms with E-state index in [0.717, 1.165) is 11.1 Å². The summed E-state index contributed by atoms with van der Waals surface area (Å²) in [4.78, 5) is 12.5. The maximum Gasteiger partial charge on any atom is 0.234 e. The third kappa shape index (κ3) is 3.45. The summed E-state index contributed by atoms with van der Waals surface area (Å²) in [6.45, 7) is 3.74. The van der Waals surface area contributed by atoms with Crippen molar-refractivity contribution < 1.29 is 4.79 Å². The molecule has 1 amide bonds. The van der Waals surface area contributed by atoms with Crippen LogP contribution in [0.5, 0.6) is 0 Å². The van der Waals surface area contributed by atoms with Crippen molar-refractivity contribution in [3.8, 4) is 12.3 Å². The van der Waals surface area contributed by atoms with Crippen LogP contribution in [0.1, 0.15) is 25.0 Å².